The van der Waals surface area contributed by atoms with Gasteiger partial charge in [-0.2, -0.15) is 4.31 Å². The number of carbonyl (C=O) groups is 1. The van der Waals surface area contributed by atoms with Gasteiger partial charge in [0.2, 0.25) is 15.9 Å². The molecule has 0 spiro atoms. The van der Waals surface area contributed by atoms with Crippen molar-refractivity contribution in [2.24, 2.45) is 0 Å². The van der Waals surface area contributed by atoms with Gasteiger partial charge in [0.25, 0.3) is 0 Å². The van der Waals surface area contributed by atoms with Gasteiger partial charge in [0.1, 0.15) is 4.90 Å². The third-order valence-electron chi connectivity index (χ3n) is 4.24. The maximum atomic E-state index is 12.8. The van der Waals surface area contributed by atoms with E-state index in [0.717, 1.165) is 18.4 Å². The lowest BCUT2D eigenvalue weighted by Gasteiger charge is -2.22. The molecule has 0 bridgehead atoms. The second-order valence-corrected chi connectivity index (χ2v) is 8.64. The van der Waals surface area contributed by atoms with E-state index in [4.69, 9.17) is 11.6 Å². The summed E-state index contributed by atoms with van der Waals surface area (Å²) in [4.78, 5) is 16.4. The van der Waals surface area contributed by atoms with Crippen molar-refractivity contribution in [3.05, 3.63) is 59.4 Å². The van der Waals surface area contributed by atoms with E-state index in [2.05, 4.69) is 10.3 Å². The fourth-order valence-corrected chi connectivity index (χ4v) is 4.40. The number of halogens is 1. The molecule has 1 N–H and O–H groups in total. The number of nitrogens with zero attached hydrogens (tertiary/aromatic N) is 2. The first kappa shape index (κ1) is 18.8. The van der Waals surface area contributed by atoms with Crippen molar-refractivity contribution >= 4 is 27.5 Å². The Morgan fingerprint density at radius 3 is 2.58 bits per heavy atom. The van der Waals surface area contributed by atoms with Gasteiger partial charge in [0.05, 0.1) is 12.6 Å². The molecule has 1 atom stereocenters. The Kier molecular flexibility index (Phi) is 5.60. The van der Waals surface area contributed by atoms with E-state index in [9.17, 15) is 13.2 Å². The highest BCUT2D eigenvalue weighted by Crippen LogP contribution is 2.31. The molecule has 26 heavy (non-hydrogen) atoms. The van der Waals surface area contributed by atoms with Crippen molar-refractivity contribution in [1.29, 1.82) is 0 Å². The maximum Gasteiger partial charge on any atom is 0.245 e. The Balaban J connectivity index is 1.70. The van der Waals surface area contributed by atoms with Crippen LogP contribution in [0.25, 0.3) is 0 Å². The predicted molar refractivity (Wildman–Crippen MR) is 99.2 cm³/mol. The molecule has 1 fully saturated rings. The second-order valence-electron chi connectivity index (χ2n) is 6.31. The Morgan fingerprint density at radius 1 is 1.31 bits per heavy atom. The number of hydrogen-bond donors (Lipinski definition) is 1. The molecule has 8 heteroatoms. The Bertz CT molecular complexity index is 868. The average molecular weight is 394 g/mol. The SMILES string of the molecule is CC(NC(=O)CN(C1CC1)S(=O)(=O)c1cccnc1)c1ccc(Cl)cc1. The molecule has 1 amide bonds. The van der Waals surface area contributed by atoms with Crippen LogP contribution in [0.2, 0.25) is 5.02 Å². The normalized spacial score (nSPS) is 15.7. The lowest BCUT2D eigenvalue weighted by molar-refractivity contribution is -0.122. The van der Waals surface area contributed by atoms with Crippen LogP contribution < -0.4 is 5.32 Å². The molecule has 6 nitrogen and oxygen atoms in total. The van der Waals surface area contributed by atoms with Crippen LogP contribution in [0.15, 0.2) is 53.7 Å². The Labute approximate surface area is 158 Å². The van der Waals surface area contributed by atoms with Gasteiger partial charge in [0, 0.05) is 23.5 Å². The van der Waals surface area contributed by atoms with Gasteiger partial charge >= 0.3 is 0 Å². The second kappa shape index (κ2) is 7.73. The standard InChI is InChI=1S/C18H20ClN3O3S/c1-13(14-4-6-15(19)7-5-14)21-18(23)12-22(16-8-9-16)26(24,25)17-3-2-10-20-11-17/h2-7,10-11,13,16H,8-9,12H2,1H3,(H,21,23). The smallest absolute Gasteiger partial charge is 0.245 e. The predicted octanol–water partition coefficient (Wildman–Crippen LogP) is 2.77. The molecule has 3 rings (SSSR count). The summed E-state index contributed by atoms with van der Waals surface area (Å²) in [6.07, 6.45) is 4.35. The van der Waals surface area contributed by atoms with Crippen molar-refractivity contribution in [3.63, 3.8) is 0 Å². The quantitative estimate of drug-likeness (QED) is 0.784. The van der Waals surface area contributed by atoms with Crippen LogP contribution in [0.3, 0.4) is 0 Å². The molecule has 0 radical (unpaired) electrons. The van der Waals surface area contributed by atoms with Crippen LogP contribution in [-0.2, 0) is 14.8 Å². The monoisotopic (exact) mass is 393 g/mol. The molecule has 0 aliphatic heterocycles. The van der Waals surface area contributed by atoms with E-state index in [1.807, 2.05) is 19.1 Å². The molecule has 0 saturated heterocycles. The van der Waals surface area contributed by atoms with Gasteiger partial charge in [0.15, 0.2) is 0 Å². The number of rotatable bonds is 7. The first-order valence-corrected chi connectivity index (χ1v) is 10.2. The molecular weight excluding hydrogens is 374 g/mol. The molecule has 1 aliphatic rings. The zero-order valence-corrected chi connectivity index (χ0v) is 15.9. The van der Waals surface area contributed by atoms with Gasteiger partial charge < -0.3 is 5.32 Å². The number of carbonyl (C=O) groups excluding carboxylic acids is 1. The summed E-state index contributed by atoms with van der Waals surface area (Å²) < 4.78 is 26.9. The summed E-state index contributed by atoms with van der Waals surface area (Å²) in [7, 11) is -3.75. The van der Waals surface area contributed by atoms with E-state index in [0.29, 0.717) is 5.02 Å². The summed E-state index contributed by atoms with van der Waals surface area (Å²) in [6, 6.07) is 9.86. The van der Waals surface area contributed by atoms with Crippen LogP contribution in [0.1, 0.15) is 31.4 Å². The van der Waals surface area contributed by atoms with E-state index >= 15 is 0 Å². The van der Waals surface area contributed by atoms with Crippen molar-refractivity contribution < 1.29 is 13.2 Å². The number of sulfonamides is 1. The lowest BCUT2D eigenvalue weighted by atomic mass is 10.1. The summed E-state index contributed by atoms with van der Waals surface area (Å²) in [5.41, 5.74) is 0.899. The fourth-order valence-electron chi connectivity index (χ4n) is 2.67. The molecular formula is C18H20ClN3O3S. The van der Waals surface area contributed by atoms with Gasteiger partial charge in [-0.3, -0.25) is 9.78 Å². The first-order valence-electron chi connectivity index (χ1n) is 8.34. The summed E-state index contributed by atoms with van der Waals surface area (Å²) in [5, 5.41) is 3.47. The molecule has 1 aromatic heterocycles. The highest BCUT2D eigenvalue weighted by molar-refractivity contribution is 7.89. The number of amides is 1. The van der Waals surface area contributed by atoms with Crippen LogP contribution >= 0.6 is 11.6 Å². The average Bonchev–Trinajstić information content (AvgIpc) is 3.45. The summed E-state index contributed by atoms with van der Waals surface area (Å²) in [6.45, 7) is 1.64. The number of benzene rings is 1. The topological polar surface area (TPSA) is 79.4 Å². The number of pyridine rings is 1. The van der Waals surface area contributed by atoms with Crippen molar-refractivity contribution in [2.45, 2.75) is 36.7 Å². The third kappa shape index (κ3) is 4.41. The third-order valence-corrected chi connectivity index (χ3v) is 6.38. The lowest BCUT2D eigenvalue weighted by Crippen LogP contribution is -2.42. The minimum Gasteiger partial charge on any atom is -0.348 e. The number of nitrogens with one attached hydrogen (secondary N) is 1. The molecule has 1 heterocycles. The molecule has 1 aromatic carbocycles. The van der Waals surface area contributed by atoms with Crippen molar-refractivity contribution in [3.8, 4) is 0 Å². The van der Waals surface area contributed by atoms with Gasteiger partial charge in [-0.05, 0) is 49.6 Å². The maximum absolute atomic E-state index is 12.8. The largest absolute Gasteiger partial charge is 0.348 e. The van der Waals surface area contributed by atoms with Crippen molar-refractivity contribution in [2.75, 3.05) is 6.54 Å². The summed E-state index contributed by atoms with van der Waals surface area (Å²) in [5.74, 6) is -0.341. The molecule has 1 aliphatic carbocycles. The minimum atomic E-state index is -3.75. The molecule has 2 aromatic rings. The molecule has 1 saturated carbocycles. The van der Waals surface area contributed by atoms with Gasteiger partial charge in [-0.25, -0.2) is 8.42 Å². The minimum absolute atomic E-state index is 0.102. The highest BCUT2D eigenvalue weighted by atomic mass is 35.5. The van der Waals surface area contributed by atoms with Crippen LogP contribution in [0.4, 0.5) is 0 Å². The van der Waals surface area contributed by atoms with Crippen LogP contribution in [0, 0.1) is 0 Å². The van der Waals surface area contributed by atoms with Crippen LogP contribution in [-0.4, -0.2) is 36.2 Å². The fraction of sp³-hybridized carbons (Fsp3) is 0.333. The van der Waals surface area contributed by atoms with E-state index in [-0.39, 0.29) is 29.4 Å². The summed E-state index contributed by atoms with van der Waals surface area (Å²) >= 11 is 5.88. The Morgan fingerprint density at radius 2 is 2.00 bits per heavy atom. The van der Waals surface area contributed by atoms with E-state index in [1.165, 1.54) is 22.8 Å². The van der Waals surface area contributed by atoms with E-state index < -0.39 is 10.0 Å². The Hall–Kier alpha value is -1.96. The first-order chi connectivity index (χ1) is 12.4. The zero-order valence-electron chi connectivity index (χ0n) is 14.3. The van der Waals surface area contributed by atoms with E-state index in [1.54, 1.807) is 18.2 Å². The molecule has 1 unspecified atom stereocenters. The zero-order chi connectivity index (χ0) is 18.7. The number of aromatic nitrogens is 1. The van der Waals surface area contributed by atoms with Crippen LogP contribution in [0.5, 0.6) is 0 Å². The van der Waals surface area contributed by atoms with Crippen molar-refractivity contribution in [1.82, 2.24) is 14.6 Å². The number of hydrogen-bond acceptors (Lipinski definition) is 4. The van der Waals surface area contributed by atoms with Gasteiger partial charge in [-0.15, -0.1) is 0 Å². The highest BCUT2D eigenvalue weighted by Gasteiger charge is 2.39. The molecule has 138 valence electrons. The van der Waals surface area contributed by atoms with Gasteiger partial charge in [-0.1, -0.05) is 23.7 Å².